The highest BCUT2D eigenvalue weighted by Crippen LogP contribution is 2.10. The Morgan fingerprint density at radius 2 is 1.91 bits per heavy atom. The molecule has 0 aliphatic rings. The maximum atomic E-state index is 12.1. The van der Waals surface area contributed by atoms with Crippen molar-refractivity contribution in [1.29, 1.82) is 0 Å². The molecular formula is C15H23N5O3. The first-order valence-corrected chi connectivity index (χ1v) is 7.37. The van der Waals surface area contributed by atoms with E-state index in [-0.39, 0.29) is 12.4 Å². The lowest BCUT2D eigenvalue weighted by atomic mass is 10.1. The van der Waals surface area contributed by atoms with Crippen molar-refractivity contribution in [1.82, 2.24) is 5.32 Å². The lowest BCUT2D eigenvalue weighted by Crippen LogP contribution is -2.40. The molecule has 0 aliphatic carbocycles. The van der Waals surface area contributed by atoms with Gasteiger partial charge in [0.25, 0.3) is 5.91 Å². The van der Waals surface area contributed by atoms with Crippen molar-refractivity contribution in [2.24, 2.45) is 16.5 Å². The number of carboxylic acid groups (broad SMARTS) is 1. The first-order chi connectivity index (χ1) is 10.9. The van der Waals surface area contributed by atoms with Crippen LogP contribution in [0.15, 0.2) is 29.3 Å². The molecule has 23 heavy (non-hydrogen) atoms. The molecular weight excluding hydrogens is 298 g/mol. The SMILES string of the molecule is CCNc1ccc(C(=O)NC(CCCN=C(N)N)C(=O)O)cc1. The summed E-state index contributed by atoms with van der Waals surface area (Å²) in [5.41, 5.74) is 11.7. The number of nitrogens with one attached hydrogen (secondary N) is 2. The Kier molecular flexibility index (Phi) is 7.38. The fraction of sp³-hybridized carbons (Fsp3) is 0.400. The summed E-state index contributed by atoms with van der Waals surface area (Å²) in [7, 11) is 0. The van der Waals surface area contributed by atoms with E-state index < -0.39 is 17.9 Å². The average Bonchev–Trinajstić information content (AvgIpc) is 2.50. The van der Waals surface area contributed by atoms with E-state index in [0.717, 1.165) is 12.2 Å². The number of amides is 1. The minimum Gasteiger partial charge on any atom is -0.480 e. The summed E-state index contributed by atoms with van der Waals surface area (Å²) in [5.74, 6) is -1.56. The second-order valence-corrected chi connectivity index (χ2v) is 4.92. The summed E-state index contributed by atoms with van der Waals surface area (Å²) in [6, 6.07) is 5.85. The standard InChI is InChI=1S/C15H23N5O3/c1-2-18-11-7-5-10(6-8-11)13(21)20-12(14(22)23)4-3-9-19-15(16)17/h5-8,12,18H,2-4,9H2,1H3,(H,20,21)(H,22,23)(H4,16,17,19). The van der Waals surface area contributed by atoms with Crippen molar-refractivity contribution in [3.63, 3.8) is 0 Å². The number of hydrogen-bond acceptors (Lipinski definition) is 4. The Hall–Kier alpha value is -2.77. The van der Waals surface area contributed by atoms with Gasteiger partial charge in [-0.3, -0.25) is 9.79 Å². The molecule has 8 nitrogen and oxygen atoms in total. The Labute approximate surface area is 135 Å². The minimum absolute atomic E-state index is 0.0401. The number of rotatable bonds is 9. The monoisotopic (exact) mass is 321 g/mol. The smallest absolute Gasteiger partial charge is 0.326 e. The molecule has 0 aliphatic heterocycles. The van der Waals surface area contributed by atoms with Crippen LogP contribution in [0.2, 0.25) is 0 Å². The number of nitrogens with zero attached hydrogens (tertiary/aromatic N) is 1. The second kappa shape index (κ2) is 9.29. The Balaban J connectivity index is 2.59. The number of aliphatic carboxylic acids is 1. The zero-order valence-corrected chi connectivity index (χ0v) is 13.1. The fourth-order valence-corrected chi connectivity index (χ4v) is 1.95. The van der Waals surface area contributed by atoms with E-state index in [1.807, 2.05) is 6.92 Å². The van der Waals surface area contributed by atoms with Gasteiger partial charge in [-0.2, -0.15) is 0 Å². The maximum Gasteiger partial charge on any atom is 0.326 e. The molecule has 1 unspecified atom stereocenters. The maximum absolute atomic E-state index is 12.1. The molecule has 0 radical (unpaired) electrons. The van der Waals surface area contributed by atoms with Gasteiger partial charge >= 0.3 is 5.97 Å². The number of nitrogens with two attached hydrogens (primary N) is 2. The average molecular weight is 321 g/mol. The largest absolute Gasteiger partial charge is 0.480 e. The van der Waals surface area contributed by atoms with E-state index in [1.165, 1.54) is 0 Å². The van der Waals surface area contributed by atoms with Crippen molar-refractivity contribution in [2.45, 2.75) is 25.8 Å². The lowest BCUT2D eigenvalue weighted by molar-refractivity contribution is -0.139. The summed E-state index contributed by atoms with van der Waals surface area (Å²) < 4.78 is 0. The Morgan fingerprint density at radius 3 is 2.43 bits per heavy atom. The van der Waals surface area contributed by atoms with Crippen molar-refractivity contribution in [3.8, 4) is 0 Å². The zero-order chi connectivity index (χ0) is 17.2. The highest BCUT2D eigenvalue weighted by atomic mass is 16.4. The van der Waals surface area contributed by atoms with Gasteiger partial charge in [0.15, 0.2) is 5.96 Å². The van der Waals surface area contributed by atoms with Crippen LogP contribution in [0.25, 0.3) is 0 Å². The van der Waals surface area contributed by atoms with Crippen LogP contribution in [0, 0.1) is 0 Å². The molecule has 0 aromatic heterocycles. The van der Waals surface area contributed by atoms with Gasteiger partial charge in [0, 0.05) is 24.3 Å². The predicted octanol–water partition coefficient (Wildman–Crippen LogP) is 0.355. The lowest BCUT2D eigenvalue weighted by Gasteiger charge is -2.14. The van der Waals surface area contributed by atoms with Crippen LogP contribution >= 0.6 is 0 Å². The molecule has 0 spiro atoms. The number of hydrogen-bond donors (Lipinski definition) is 5. The van der Waals surface area contributed by atoms with Crippen LogP contribution in [0.1, 0.15) is 30.1 Å². The van der Waals surface area contributed by atoms with Gasteiger partial charge in [0.2, 0.25) is 0 Å². The molecule has 1 rings (SSSR count). The second-order valence-electron chi connectivity index (χ2n) is 4.92. The van der Waals surface area contributed by atoms with E-state index in [0.29, 0.717) is 18.5 Å². The first-order valence-electron chi connectivity index (χ1n) is 7.37. The van der Waals surface area contributed by atoms with Gasteiger partial charge in [-0.05, 0) is 44.0 Å². The summed E-state index contributed by atoms with van der Waals surface area (Å²) in [6.45, 7) is 3.07. The van der Waals surface area contributed by atoms with Crippen molar-refractivity contribution < 1.29 is 14.7 Å². The van der Waals surface area contributed by atoms with Gasteiger partial charge in [-0.1, -0.05) is 0 Å². The number of guanidine groups is 1. The van der Waals surface area contributed by atoms with Crippen LogP contribution in [-0.2, 0) is 4.79 Å². The molecule has 0 heterocycles. The van der Waals surface area contributed by atoms with Gasteiger partial charge in [0.1, 0.15) is 6.04 Å². The van der Waals surface area contributed by atoms with E-state index in [9.17, 15) is 14.7 Å². The number of aliphatic imine (C=N–C) groups is 1. The minimum atomic E-state index is -1.09. The molecule has 1 aromatic carbocycles. The highest BCUT2D eigenvalue weighted by Gasteiger charge is 2.20. The van der Waals surface area contributed by atoms with Gasteiger partial charge < -0.3 is 27.2 Å². The number of benzene rings is 1. The summed E-state index contributed by atoms with van der Waals surface area (Å²) >= 11 is 0. The molecule has 8 heteroatoms. The number of carbonyl (C=O) groups is 2. The quantitative estimate of drug-likeness (QED) is 0.252. The normalized spacial score (nSPS) is 11.3. The summed E-state index contributed by atoms with van der Waals surface area (Å²) in [4.78, 5) is 27.1. The van der Waals surface area contributed by atoms with Crippen LogP contribution in [0.5, 0.6) is 0 Å². The van der Waals surface area contributed by atoms with E-state index >= 15 is 0 Å². The third kappa shape index (κ3) is 6.68. The third-order valence-corrected chi connectivity index (χ3v) is 3.08. The molecule has 7 N–H and O–H groups in total. The number of carbonyl (C=O) groups excluding carboxylic acids is 1. The van der Waals surface area contributed by atoms with Crippen molar-refractivity contribution in [3.05, 3.63) is 29.8 Å². The molecule has 0 fully saturated rings. The fourth-order valence-electron chi connectivity index (χ4n) is 1.95. The van der Waals surface area contributed by atoms with E-state index in [4.69, 9.17) is 11.5 Å². The van der Waals surface area contributed by atoms with Crippen molar-refractivity contribution in [2.75, 3.05) is 18.4 Å². The summed E-state index contributed by atoms with van der Waals surface area (Å²) in [5, 5.41) is 14.8. The first kappa shape index (κ1) is 18.3. The molecule has 0 saturated heterocycles. The van der Waals surface area contributed by atoms with Crippen molar-refractivity contribution >= 4 is 23.5 Å². The summed E-state index contributed by atoms with van der Waals surface area (Å²) in [6.07, 6.45) is 0.696. The number of anilines is 1. The van der Waals surface area contributed by atoms with Crippen LogP contribution in [0.3, 0.4) is 0 Å². The molecule has 0 bridgehead atoms. The van der Waals surface area contributed by atoms with Gasteiger partial charge in [-0.25, -0.2) is 4.79 Å². The zero-order valence-electron chi connectivity index (χ0n) is 13.1. The predicted molar refractivity (Wildman–Crippen MR) is 89.4 cm³/mol. The third-order valence-electron chi connectivity index (χ3n) is 3.08. The topological polar surface area (TPSA) is 143 Å². The molecule has 126 valence electrons. The number of carboxylic acids is 1. The highest BCUT2D eigenvalue weighted by molar-refractivity contribution is 5.96. The Morgan fingerprint density at radius 1 is 1.26 bits per heavy atom. The molecule has 1 aromatic rings. The van der Waals surface area contributed by atoms with E-state index in [2.05, 4.69) is 15.6 Å². The van der Waals surface area contributed by atoms with Crippen LogP contribution in [0.4, 0.5) is 5.69 Å². The van der Waals surface area contributed by atoms with Gasteiger partial charge in [-0.15, -0.1) is 0 Å². The van der Waals surface area contributed by atoms with Crippen LogP contribution < -0.4 is 22.1 Å². The molecule has 1 amide bonds. The molecule has 1 atom stereocenters. The van der Waals surface area contributed by atoms with E-state index in [1.54, 1.807) is 24.3 Å². The van der Waals surface area contributed by atoms with Gasteiger partial charge in [0.05, 0.1) is 0 Å². The Bertz CT molecular complexity index is 553. The van der Waals surface area contributed by atoms with Crippen LogP contribution in [-0.4, -0.2) is 42.1 Å². The molecule has 0 saturated carbocycles.